The molecule has 2 unspecified atom stereocenters. The minimum absolute atomic E-state index is 0.0995. The molecule has 0 amide bonds. The third kappa shape index (κ3) is 5.00. The molecule has 2 N–H and O–H groups in total. The van der Waals surface area contributed by atoms with Crippen molar-refractivity contribution < 1.29 is 18.3 Å². The molecule has 0 bridgehead atoms. The molecule has 1 aliphatic rings. The number of benzene rings is 1. The van der Waals surface area contributed by atoms with E-state index < -0.39 is 5.51 Å². The molecule has 0 heterocycles. The van der Waals surface area contributed by atoms with Crippen LogP contribution in [0.4, 0.5) is 13.2 Å². The summed E-state index contributed by atoms with van der Waals surface area (Å²) in [6, 6.07) is 6.37. The molecule has 0 saturated heterocycles. The van der Waals surface area contributed by atoms with Crippen LogP contribution in [0.2, 0.25) is 0 Å². The van der Waals surface area contributed by atoms with Crippen LogP contribution >= 0.6 is 11.8 Å². The zero-order valence-electron chi connectivity index (χ0n) is 11.0. The SMILES string of the molecule is OC1CCCC1CNCc1ccc(SC(F)(F)F)cc1. The molecule has 1 aromatic rings. The summed E-state index contributed by atoms with van der Waals surface area (Å²) in [6.07, 6.45) is 2.76. The molecular weight excluding hydrogens is 287 g/mol. The molecule has 1 aromatic carbocycles. The van der Waals surface area contributed by atoms with Crippen LogP contribution in [0.1, 0.15) is 24.8 Å². The highest BCUT2D eigenvalue weighted by atomic mass is 32.2. The maximum Gasteiger partial charge on any atom is 0.446 e. The maximum absolute atomic E-state index is 12.2. The van der Waals surface area contributed by atoms with E-state index in [0.717, 1.165) is 31.4 Å². The molecule has 2 nitrogen and oxygen atoms in total. The number of halogens is 3. The summed E-state index contributed by atoms with van der Waals surface area (Å²) in [6.45, 7) is 1.36. The Bertz CT molecular complexity index is 421. The quantitative estimate of drug-likeness (QED) is 0.816. The summed E-state index contributed by atoms with van der Waals surface area (Å²) < 4.78 is 36.5. The van der Waals surface area contributed by atoms with E-state index in [4.69, 9.17) is 0 Å². The highest BCUT2D eigenvalue weighted by molar-refractivity contribution is 8.00. The molecule has 0 aromatic heterocycles. The van der Waals surface area contributed by atoms with E-state index in [2.05, 4.69) is 5.32 Å². The van der Waals surface area contributed by atoms with Crippen LogP contribution in [-0.2, 0) is 6.54 Å². The standard InChI is InChI=1S/C14H18F3NOS/c15-14(16,17)20-12-6-4-10(5-7-12)8-18-9-11-2-1-3-13(11)19/h4-7,11,13,18-19H,1-3,8-9H2. The fourth-order valence-corrected chi connectivity index (χ4v) is 3.01. The van der Waals surface area contributed by atoms with Gasteiger partial charge in [-0.05, 0) is 48.2 Å². The third-order valence-corrected chi connectivity index (χ3v) is 4.25. The van der Waals surface area contributed by atoms with Gasteiger partial charge in [0.05, 0.1) is 6.10 Å². The fraction of sp³-hybridized carbons (Fsp3) is 0.571. The summed E-state index contributed by atoms with van der Waals surface area (Å²) in [4.78, 5) is 0.201. The van der Waals surface area contributed by atoms with Gasteiger partial charge in [-0.3, -0.25) is 0 Å². The molecule has 1 saturated carbocycles. The number of hydrogen-bond donors (Lipinski definition) is 2. The summed E-state index contributed by atoms with van der Waals surface area (Å²) in [5, 5.41) is 12.9. The van der Waals surface area contributed by atoms with Crippen molar-refractivity contribution in [1.82, 2.24) is 5.32 Å². The molecule has 1 aliphatic carbocycles. The van der Waals surface area contributed by atoms with E-state index in [1.54, 1.807) is 12.1 Å². The summed E-state index contributed by atoms with van der Waals surface area (Å²) in [5.74, 6) is 0.301. The molecule has 20 heavy (non-hydrogen) atoms. The van der Waals surface area contributed by atoms with Crippen LogP contribution in [-0.4, -0.2) is 23.3 Å². The number of hydrogen-bond acceptors (Lipinski definition) is 3. The average Bonchev–Trinajstić information content (AvgIpc) is 2.76. The van der Waals surface area contributed by atoms with Gasteiger partial charge < -0.3 is 10.4 Å². The Kier molecular flexibility index (Phi) is 5.35. The first-order valence-corrected chi connectivity index (χ1v) is 7.49. The Labute approximate surface area is 120 Å². The van der Waals surface area contributed by atoms with Crippen LogP contribution in [0.25, 0.3) is 0 Å². The van der Waals surface area contributed by atoms with Crippen LogP contribution in [0.15, 0.2) is 29.2 Å². The van der Waals surface area contributed by atoms with Gasteiger partial charge in [0.25, 0.3) is 0 Å². The molecule has 0 aliphatic heterocycles. The van der Waals surface area contributed by atoms with Crippen molar-refractivity contribution in [2.24, 2.45) is 5.92 Å². The van der Waals surface area contributed by atoms with E-state index >= 15 is 0 Å². The predicted octanol–water partition coefficient (Wildman–Crippen LogP) is 3.55. The van der Waals surface area contributed by atoms with Crippen molar-refractivity contribution >= 4 is 11.8 Å². The number of thioether (sulfide) groups is 1. The zero-order chi connectivity index (χ0) is 14.6. The molecule has 112 valence electrons. The first-order valence-electron chi connectivity index (χ1n) is 6.67. The highest BCUT2D eigenvalue weighted by Gasteiger charge is 2.29. The van der Waals surface area contributed by atoms with Gasteiger partial charge in [0.2, 0.25) is 0 Å². The lowest BCUT2D eigenvalue weighted by atomic mass is 10.1. The first-order chi connectivity index (χ1) is 9.44. The first kappa shape index (κ1) is 15.7. The Morgan fingerprint density at radius 2 is 1.90 bits per heavy atom. The number of aliphatic hydroxyl groups is 1. The molecule has 0 radical (unpaired) electrons. The summed E-state index contributed by atoms with van der Waals surface area (Å²) in [7, 11) is 0. The smallest absolute Gasteiger partial charge is 0.393 e. The lowest BCUT2D eigenvalue weighted by Crippen LogP contribution is -2.27. The second-order valence-electron chi connectivity index (χ2n) is 5.08. The van der Waals surface area contributed by atoms with Gasteiger partial charge in [-0.2, -0.15) is 13.2 Å². The van der Waals surface area contributed by atoms with Gasteiger partial charge in [0, 0.05) is 18.0 Å². The van der Waals surface area contributed by atoms with Gasteiger partial charge in [0.1, 0.15) is 0 Å². The normalized spacial score (nSPS) is 23.2. The van der Waals surface area contributed by atoms with Crippen LogP contribution in [0, 0.1) is 5.92 Å². The molecule has 2 rings (SSSR count). The van der Waals surface area contributed by atoms with Gasteiger partial charge in [0.15, 0.2) is 0 Å². The largest absolute Gasteiger partial charge is 0.446 e. The monoisotopic (exact) mass is 305 g/mol. The number of nitrogens with one attached hydrogen (secondary N) is 1. The Morgan fingerprint density at radius 1 is 1.20 bits per heavy atom. The fourth-order valence-electron chi connectivity index (χ4n) is 2.47. The van der Waals surface area contributed by atoms with Gasteiger partial charge >= 0.3 is 5.51 Å². The lowest BCUT2D eigenvalue weighted by Gasteiger charge is -2.15. The van der Waals surface area contributed by atoms with Crippen LogP contribution < -0.4 is 5.32 Å². The second-order valence-corrected chi connectivity index (χ2v) is 6.22. The van der Waals surface area contributed by atoms with Crippen molar-refractivity contribution in [1.29, 1.82) is 0 Å². The van der Waals surface area contributed by atoms with E-state index in [-0.39, 0.29) is 22.8 Å². The predicted molar refractivity (Wildman–Crippen MR) is 73.4 cm³/mol. The minimum atomic E-state index is -4.24. The molecule has 6 heteroatoms. The van der Waals surface area contributed by atoms with Gasteiger partial charge in [-0.1, -0.05) is 18.6 Å². The molecule has 1 fully saturated rings. The average molecular weight is 305 g/mol. The van der Waals surface area contributed by atoms with Crippen molar-refractivity contribution in [2.75, 3.05) is 6.54 Å². The van der Waals surface area contributed by atoms with E-state index in [1.165, 1.54) is 12.1 Å². The maximum atomic E-state index is 12.2. The Morgan fingerprint density at radius 3 is 2.45 bits per heavy atom. The van der Waals surface area contributed by atoms with E-state index in [0.29, 0.717) is 12.5 Å². The van der Waals surface area contributed by atoms with Crippen molar-refractivity contribution in [3.63, 3.8) is 0 Å². The second kappa shape index (κ2) is 6.83. The Hall–Kier alpha value is -0.720. The van der Waals surface area contributed by atoms with Crippen LogP contribution in [0.5, 0.6) is 0 Å². The molecular formula is C14H18F3NOS. The van der Waals surface area contributed by atoms with E-state index in [1.807, 2.05) is 0 Å². The van der Waals surface area contributed by atoms with Crippen molar-refractivity contribution in [2.45, 2.75) is 42.3 Å². The van der Waals surface area contributed by atoms with Crippen molar-refractivity contribution in [3.05, 3.63) is 29.8 Å². The minimum Gasteiger partial charge on any atom is -0.393 e. The van der Waals surface area contributed by atoms with Gasteiger partial charge in [-0.25, -0.2) is 0 Å². The Balaban J connectivity index is 1.76. The molecule has 2 atom stereocenters. The lowest BCUT2D eigenvalue weighted by molar-refractivity contribution is -0.0328. The number of rotatable bonds is 5. The topological polar surface area (TPSA) is 32.3 Å². The van der Waals surface area contributed by atoms with Crippen LogP contribution in [0.3, 0.4) is 0 Å². The van der Waals surface area contributed by atoms with E-state index in [9.17, 15) is 18.3 Å². The summed E-state index contributed by atoms with van der Waals surface area (Å²) in [5.41, 5.74) is -3.29. The van der Waals surface area contributed by atoms with Gasteiger partial charge in [-0.15, -0.1) is 0 Å². The molecule has 0 spiro atoms. The number of aliphatic hydroxyl groups excluding tert-OH is 1. The highest BCUT2D eigenvalue weighted by Crippen LogP contribution is 2.36. The zero-order valence-corrected chi connectivity index (χ0v) is 11.8. The number of alkyl halides is 3. The third-order valence-electron chi connectivity index (χ3n) is 3.51. The summed E-state index contributed by atoms with van der Waals surface area (Å²) >= 11 is -0.0995. The van der Waals surface area contributed by atoms with Crippen molar-refractivity contribution in [3.8, 4) is 0 Å².